The second-order valence-corrected chi connectivity index (χ2v) is 5.36. The van der Waals surface area contributed by atoms with Crippen LogP contribution in [0.4, 0.5) is 5.69 Å². The first-order valence-corrected chi connectivity index (χ1v) is 7.09. The molecule has 3 rings (SSSR count). The second-order valence-electron chi connectivity index (χ2n) is 5.36. The van der Waals surface area contributed by atoms with E-state index in [-0.39, 0.29) is 12.0 Å². The molecule has 1 heterocycles. The minimum atomic E-state index is -0.694. The van der Waals surface area contributed by atoms with Crippen molar-refractivity contribution in [3.05, 3.63) is 36.5 Å². The van der Waals surface area contributed by atoms with Crippen LogP contribution < -0.4 is 5.32 Å². The van der Waals surface area contributed by atoms with Crippen LogP contribution in [0.3, 0.4) is 0 Å². The van der Waals surface area contributed by atoms with Gasteiger partial charge < -0.3 is 10.4 Å². The molecule has 2 N–H and O–H groups in total. The summed E-state index contributed by atoms with van der Waals surface area (Å²) in [7, 11) is 0. The average molecular weight is 270 g/mol. The molecule has 20 heavy (non-hydrogen) atoms. The van der Waals surface area contributed by atoms with Gasteiger partial charge >= 0.3 is 5.97 Å². The lowest BCUT2D eigenvalue weighted by Gasteiger charge is -2.30. The van der Waals surface area contributed by atoms with Gasteiger partial charge in [-0.25, -0.2) is 0 Å². The maximum absolute atomic E-state index is 11.4. The standard InChI is InChI=1S/C16H18N2O2/c19-16(20)12-6-2-4-8-14(12)18-15-9-10-17-13-7-3-1-5-11(13)15/h1,3,5,7,9-10,12,14H,2,4,6,8H2,(H,17,18)(H,19,20). The summed E-state index contributed by atoms with van der Waals surface area (Å²) in [6, 6.07) is 9.85. The predicted molar refractivity (Wildman–Crippen MR) is 78.7 cm³/mol. The van der Waals surface area contributed by atoms with E-state index in [9.17, 15) is 9.90 Å². The molecule has 0 spiro atoms. The van der Waals surface area contributed by atoms with Crippen LogP contribution in [0, 0.1) is 5.92 Å². The summed E-state index contributed by atoms with van der Waals surface area (Å²) < 4.78 is 0. The number of para-hydroxylation sites is 1. The molecule has 0 radical (unpaired) electrons. The number of carbonyl (C=O) groups is 1. The molecule has 1 aromatic heterocycles. The molecule has 2 atom stereocenters. The largest absolute Gasteiger partial charge is 0.481 e. The van der Waals surface area contributed by atoms with Crippen molar-refractivity contribution in [3.8, 4) is 0 Å². The van der Waals surface area contributed by atoms with Crippen molar-refractivity contribution in [3.63, 3.8) is 0 Å². The highest BCUT2D eigenvalue weighted by molar-refractivity contribution is 5.91. The Morgan fingerprint density at radius 1 is 1.20 bits per heavy atom. The Morgan fingerprint density at radius 3 is 2.85 bits per heavy atom. The van der Waals surface area contributed by atoms with Gasteiger partial charge in [-0.1, -0.05) is 31.0 Å². The van der Waals surface area contributed by atoms with Crippen LogP contribution in [0.25, 0.3) is 10.9 Å². The molecule has 1 aliphatic carbocycles. The molecule has 0 amide bonds. The third-order valence-corrected chi connectivity index (χ3v) is 4.07. The van der Waals surface area contributed by atoms with E-state index in [1.165, 1.54) is 0 Å². The number of nitrogens with one attached hydrogen (secondary N) is 1. The van der Waals surface area contributed by atoms with Crippen molar-refractivity contribution in [1.29, 1.82) is 0 Å². The summed E-state index contributed by atoms with van der Waals surface area (Å²) in [6.45, 7) is 0. The summed E-state index contributed by atoms with van der Waals surface area (Å²) in [4.78, 5) is 15.7. The van der Waals surface area contributed by atoms with Crippen molar-refractivity contribution in [2.45, 2.75) is 31.7 Å². The molecule has 1 saturated carbocycles. The van der Waals surface area contributed by atoms with Gasteiger partial charge in [0.15, 0.2) is 0 Å². The fourth-order valence-electron chi connectivity index (χ4n) is 3.02. The van der Waals surface area contributed by atoms with Crippen molar-refractivity contribution >= 4 is 22.6 Å². The van der Waals surface area contributed by atoms with E-state index in [1.807, 2.05) is 30.3 Å². The molecule has 0 saturated heterocycles. The molecule has 2 unspecified atom stereocenters. The first kappa shape index (κ1) is 12.9. The third kappa shape index (κ3) is 2.46. The highest BCUT2D eigenvalue weighted by Gasteiger charge is 2.30. The van der Waals surface area contributed by atoms with Crippen LogP contribution in [0.1, 0.15) is 25.7 Å². The Balaban J connectivity index is 1.90. The number of fused-ring (bicyclic) bond motifs is 1. The molecule has 4 nitrogen and oxygen atoms in total. The number of carboxylic acids is 1. The van der Waals surface area contributed by atoms with Gasteiger partial charge in [-0.3, -0.25) is 9.78 Å². The number of carboxylic acid groups (broad SMARTS) is 1. The van der Waals surface area contributed by atoms with Crippen molar-refractivity contribution in [1.82, 2.24) is 4.98 Å². The zero-order valence-corrected chi connectivity index (χ0v) is 11.2. The summed E-state index contributed by atoms with van der Waals surface area (Å²) in [5.74, 6) is -0.990. The van der Waals surface area contributed by atoms with Crippen molar-refractivity contribution in [2.24, 2.45) is 5.92 Å². The highest BCUT2D eigenvalue weighted by atomic mass is 16.4. The summed E-state index contributed by atoms with van der Waals surface area (Å²) in [6.07, 6.45) is 5.53. The van der Waals surface area contributed by atoms with Crippen LogP contribution in [-0.4, -0.2) is 22.1 Å². The molecule has 104 valence electrons. The van der Waals surface area contributed by atoms with E-state index in [1.54, 1.807) is 6.20 Å². The molecule has 1 aromatic carbocycles. The molecule has 1 aliphatic rings. The van der Waals surface area contributed by atoms with Gasteiger partial charge in [-0.05, 0) is 25.0 Å². The first-order valence-electron chi connectivity index (χ1n) is 7.09. The Hall–Kier alpha value is -2.10. The van der Waals surface area contributed by atoms with Gasteiger partial charge in [-0.15, -0.1) is 0 Å². The summed E-state index contributed by atoms with van der Waals surface area (Å²) in [5, 5.41) is 13.8. The van der Waals surface area contributed by atoms with Gasteiger partial charge in [0.25, 0.3) is 0 Å². The number of hydrogen-bond acceptors (Lipinski definition) is 3. The fraction of sp³-hybridized carbons (Fsp3) is 0.375. The van der Waals surface area contributed by atoms with Crippen molar-refractivity contribution < 1.29 is 9.90 Å². The molecule has 4 heteroatoms. The van der Waals surface area contributed by atoms with E-state index >= 15 is 0 Å². The Morgan fingerprint density at radius 2 is 2.00 bits per heavy atom. The number of aliphatic carboxylic acids is 1. The Labute approximate surface area is 117 Å². The SMILES string of the molecule is O=C(O)C1CCCCC1Nc1ccnc2ccccc12. The number of pyridine rings is 1. The number of rotatable bonds is 3. The fourth-order valence-corrected chi connectivity index (χ4v) is 3.02. The summed E-state index contributed by atoms with van der Waals surface area (Å²) in [5.41, 5.74) is 1.91. The maximum Gasteiger partial charge on any atom is 0.308 e. The third-order valence-electron chi connectivity index (χ3n) is 4.07. The van der Waals surface area contributed by atoms with E-state index in [4.69, 9.17) is 0 Å². The normalized spacial score (nSPS) is 22.6. The van der Waals surface area contributed by atoms with E-state index in [2.05, 4.69) is 10.3 Å². The monoisotopic (exact) mass is 270 g/mol. The lowest BCUT2D eigenvalue weighted by Crippen LogP contribution is -2.37. The van der Waals surface area contributed by atoms with E-state index < -0.39 is 5.97 Å². The number of aromatic nitrogens is 1. The second kappa shape index (κ2) is 5.49. The maximum atomic E-state index is 11.4. The van der Waals surface area contributed by atoms with Gasteiger partial charge in [-0.2, -0.15) is 0 Å². The number of anilines is 1. The quantitative estimate of drug-likeness (QED) is 0.898. The number of benzene rings is 1. The topological polar surface area (TPSA) is 62.2 Å². The Bertz CT molecular complexity index is 621. The molecule has 0 bridgehead atoms. The van der Waals surface area contributed by atoms with E-state index in [0.29, 0.717) is 0 Å². The lowest BCUT2D eigenvalue weighted by molar-refractivity contribution is -0.143. The lowest BCUT2D eigenvalue weighted by atomic mass is 9.84. The van der Waals surface area contributed by atoms with Crippen molar-refractivity contribution in [2.75, 3.05) is 5.32 Å². The number of hydrogen-bond donors (Lipinski definition) is 2. The van der Waals surface area contributed by atoms with Crippen LogP contribution in [0.2, 0.25) is 0 Å². The molecular weight excluding hydrogens is 252 g/mol. The number of nitrogens with zero attached hydrogens (tertiary/aromatic N) is 1. The minimum Gasteiger partial charge on any atom is -0.481 e. The zero-order chi connectivity index (χ0) is 13.9. The Kier molecular flexibility index (Phi) is 3.54. The smallest absolute Gasteiger partial charge is 0.308 e. The molecular formula is C16H18N2O2. The van der Waals surface area contributed by atoms with Crippen LogP contribution in [-0.2, 0) is 4.79 Å². The first-order chi connectivity index (χ1) is 9.75. The minimum absolute atomic E-state index is 0.00653. The van der Waals surface area contributed by atoms with Gasteiger partial charge in [0, 0.05) is 23.3 Å². The zero-order valence-electron chi connectivity index (χ0n) is 11.2. The average Bonchev–Trinajstić information content (AvgIpc) is 2.48. The van der Waals surface area contributed by atoms with Crippen LogP contribution in [0.15, 0.2) is 36.5 Å². The molecule has 2 aromatic rings. The highest BCUT2D eigenvalue weighted by Crippen LogP contribution is 2.30. The van der Waals surface area contributed by atoms with Crippen LogP contribution in [0.5, 0.6) is 0 Å². The van der Waals surface area contributed by atoms with Gasteiger partial charge in [0.2, 0.25) is 0 Å². The van der Waals surface area contributed by atoms with E-state index in [0.717, 1.165) is 42.3 Å². The molecule has 1 fully saturated rings. The predicted octanol–water partition coefficient (Wildman–Crippen LogP) is 3.29. The van der Waals surface area contributed by atoms with Gasteiger partial charge in [0.1, 0.15) is 0 Å². The summed E-state index contributed by atoms with van der Waals surface area (Å²) >= 11 is 0. The van der Waals surface area contributed by atoms with Crippen LogP contribution >= 0.6 is 0 Å². The van der Waals surface area contributed by atoms with Gasteiger partial charge in [0.05, 0.1) is 11.4 Å². The molecule has 0 aliphatic heterocycles.